The maximum absolute atomic E-state index is 11.8. The summed E-state index contributed by atoms with van der Waals surface area (Å²) in [6, 6.07) is 1.63. The van der Waals surface area contributed by atoms with E-state index in [9.17, 15) is 8.78 Å². The molecule has 1 rings (SSSR count). The van der Waals surface area contributed by atoms with Crippen LogP contribution in [-0.2, 0) is 6.54 Å². The van der Waals surface area contributed by atoms with Crippen LogP contribution in [0.25, 0.3) is 0 Å². The van der Waals surface area contributed by atoms with Crippen molar-refractivity contribution in [1.82, 2.24) is 10.3 Å². The summed E-state index contributed by atoms with van der Waals surface area (Å²) < 4.78 is 28.4. The first-order chi connectivity index (χ1) is 7.13. The van der Waals surface area contributed by atoms with Gasteiger partial charge in [0, 0.05) is 12.7 Å². The Morgan fingerprint density at radius 2 is 2.33 bits per heavy atom. The van der Waals surface area contributed by atoms with E-state index in [1.807, 2.05) is 0 Å². The third-order valence-corrected chi connectivity index (χ3v) is 1.86. The molecule has 3 nitrogen and oxygen atoms in total. The van der Waals surface area contributed by atoms with Crippen molar-refractivity contribution in [1.29, 1.82) is 0 Å². The van der Waals surface area contributed by atoms with Crippen molar-refractivity contribution in [3.8, 4) is 5.88 Å². The van der Waals surface area contributed by atoms with Gasteiger partial charge in [-0.15, -0.1) is 0 Å². The Balaban J connectivity index is 2.66. The average Bonchev–Trinajstić information content (AvgIpc) is 2.17. The summed E-state index contributed by atoms with van der Waals surface area (Å²) in [6.07, 6.45) is -0.997. The minimum absolute atomic E-state index is 0.0387. The summed E-state index contributed by atoms with van der Waals surface area (Å²) in [6.45, 7) is -0.0834. The van der Waals surface area contributed by atoms with E-state index < -0.39 is 13.0 Å². The molecule has 15 heavy (non-hydrogen) atoms. The van der Waals surface area contributed by atoms with E-state index in [2.05, 4.69) is 10.3 Å². The minimum Gasteiger partial charge on any atom is -0.471 e. The number of nitrogens with zero attached hydrogens (tertiary/aromatic N) is 1. The van der Waals surface area contributed by atoms with Gasteiger partial charge in [0.2, 0.25) is 5.88 Å². The van der Waals surface area contributed by atoms with Crippen LogP contribution in [0.2, 0.25) is 5.02 Å². The number of pyridine rings is 1. The monoisotopic (exact) mass is 236 g/mol. The second kappa shape index (κ2) is 5.82. The van der Waals surface area contributed by atoms with Crippen molar-refractivity contribution < 1.29 is 13.5 Å². The molecule has 0 fully saturated rings. The second-order valence-electron chi connectivity index (χ2n) is 2.86. The van der Waals surface area contributed by atoms with Gasteiger partial charge in [0.1, 0.15) is 5.02 Å². The maximum atomic E-state index is 11.8. The number of alkyl halides is 2. The fraction of sp³-hybridized carbons (Fsp3) is 0.444. The third-order valence-electron chi connectivity index (χ3n) is 1.59. The number of aromatic nitrogens is 1. The van der Waals surface area contributed by atoms with Crippen molar-refractivity contribution in [3.05, 3.63) is 22.8 Å². The molecule has 0 aliphatic rings. The molecule has 0 spiro atoms. The zero-order chi connectivity index (χ0) is 11.3. The van der Waals surface area contributed by atoms with Gasteiger partial charge in [0.15, 0.2) is 6.61 Å². The van der Waals surface area contributed by atoms with Crippen molar-refractivity contribution in [2.24, 2.45) is 0 Å². The van der Waals surface area contributed by atoms with Crippen LogP contribution >= 0.6 is 11.6 Å². The van der Waals surface area contributed by atoms with Gasteiger partial charge in [-0.25, -0.2) is 13.8 Å². The van der Waals surface area contributed by atoms with E-state index in [0.29, 0.717) is 6.54 Å². The molecule has 0 radical (unpaired) electrons. The highest BCUT2D eigenvalue weighted by molar-refractivity contribution is 6.31. The average molecular weight is 237 g/mol. The summed E-state index contributed by atoms with van der Waals surface area (Å²) in [5, 5.41) is 3.16. The van der Waals surface area contributed by atoms with Crippen LogP contribution in [0, 0.1) is 0 Å². The molecule has 0 bridgehead atoms. The standard InChI is InChI=1S/C9H11ClF2N2O/c1-13-3-6-2-7(10)9(14-4-6)15-5-8(11)12/h2,4,8,13H,3,5H2,1H3. The van der Waals surface area contributed by atoms with E-state index in [-0.39, 0.29) is 10.9 Å². The summed E-state index contributed by atoms with van der Waals surface area (Å²) >= 11 is 5.79. The van der Waals surface area contributed by atoms with Gasteiger partial charge in [-0.05, 0) is 18.7 Å². The van der Waals surface area contributed by atoms with E-state index in [4.69, 9.17) is 16.3 Å². The van der Waals surface area contributed by atoms with Crippen LogP contribution in [-0.4, -0.2) is 25.1 Å². The quantitative estimate of drug-likeness (QED) is 0.850. The fourth-order valence-electron chi connectivity index (χ4n) is 1.01. The van der Waals surface area contributed by atoms with Crippen LogP contribution in [0.4, 0.5) is 8.78 Å². The minimum atomic E-state index is -2.53. The molecular weight excluding hydrogens is 226 g/mol. The highest BCUT2D eigenvalue weighted by Crippen LogP contribution is 2.22. The number of nitrogens with one attached hydrogen (secondary N) is 1. The van der Waals surface area contributed by atoms with E-state index >= 15 is 0 Å². The predicted molar refractivity (Wildman–Crippen MR) is 53.5 cm³/mol. The zero-order valence-electron chi connectivity index (χ0n) is 8.14. The lowest BCUT2D eigenvalue weighted by Gasteiger charge is -2.07. The second-order valence-corrected chi connectivity index (χ2v) is 3.27. The van der Waals surface area contributed by atoms with E-state index in [0.717, 1.165) is 5.56 Å². The lowest BCUT2D eigenvalue weighted by molar-refractivity contribution is 0.0796. The Morgan fingerprint density at radius 1 is 1.60 bits per heavy atom. The van der Waals surface area contributed by atoms with Gasteiger partial charge in [0.05, 0.1) is 0 Å². The number of ether oxygens (including phenoxy) is 1. The lowest BCUT2D eigenvalue weighted by Crippen LogP contribution is -2.09. The SMILES string of the molecule is CNCc1cnc(OCC(F)F)c(Cl)c1. The molecule has 1 aromatic rings. The van der Waals surface area contributed by atoms with Gasteiger partial charge in [-0.3, -0.25) is 0 Å². The number of hydrogen-bond donors (Lipinski definition) is 1. The summed E-state index contributed by atoms with van der Waals surface area (Å²) in [5.74, 6) is 0.0387. The molecule has 0 saturated carbocycles. The molecule has 0 unspecified atom stereocenters. The van der Waals surface area contributed by atoms with Crippen LogP contribution in [0.3, 0.4) is 0 Å². The highest BCUT2D eigenvalue weighted by atomic mass is 35.5. The Labute approximate surface area is 91.4 Å². The predicted octanol–water partition coefficient (Wildman–Crippen LogP) is 2.10. The first kappa shape index (κ1) is 12.1. The Morgan fingerprint density at radius 3 is 2.87 bits per heavy atom. The van der Waals surface area contributed by atoms with Gasteiger partial charge in [0.25, 0.3) is 6.43 Å². The lowest BCUT2D eigenvalue weighted by atomic mass is 10.3. The topological polar surface area (TPSA) is 34.2 Å². The third kappa shape index (κ3) is 3.97. The molecule has 0 aromatic carbocycles. The normalized spacial score (nSPS) is 10.7. The molecule has 6 heteroatoms. The highest BCUT2D eigenvalue weighted by Gasteiger charge is 2.08. The molecule has 1 N–H and O–H groups in total. The molecule has 0 amide bonds. The molecule has 0 saturated heterocycles. The Hall–Kier alpha value is -0.940. The van der Waals surface area contributed by atoms with Crippen molar-refractivity contribution in [2.75, 3.05) is 13.7 Å². The van der Waals surface area contributed by atoms with Gasteiger partial charge < -0.3 is 10.1 Å². The van der Waals surface area contributed by atoms with Crippen LogP contribution in [0.5, 0.6) is 5.88 Å². The molecular formula is C9H11ClF2N2O. The molecule has 1 aromatic heterocycles. The summed E-state index contributed by atoms with van der Waals surface area (Å²) in [4.78, 5) is 3.84. The number of halogens is 3. The largest absolute Gasteiger partial charge is 0.471 e. The van der Waals surface area contributed by atoms with Gasteiger partial charge in [-0.2, -0.15) is 0 Å². The van der Waals surface area contributed by atoms with Gasteiger partial charge in [-0.1, -0.05) is 11.6 Å². The van der Waals surface area contributed by atoms with Crippen molar-refractivity contribution in [3.63, 3.8) is 0 Å². The van der Waals surface area contributed by atoms with Crippen LogP contribution in [0.1, 0.15) is 5.56 Å². The summed E-state index contributed by atoms with van der Waals surface area (Å²) in [7, 11) is 1.79. The Bertz CT molecular complexity index is 323. The molecule has 0 aliphatic carbocycles. The smallest absolute Gasteiger partial charge is 0.272 e. The van der Waals surface area contributed by atoms with Crippen molar-refractivity contribution >= 4 is 11.6 Å². The molecule has 0 atom stereocenters. The first-order valence-electron chi connectivity index (χ1n) is 4.33. The Kier molecular flexibility index (Phi) is 4.71. The number of hydrogen-bond acceptors (Lipinski definition) is 3. The summed E-state index contributed by atoms with van der Waals surface area (Å²) in [5.41, 5.74) is 0.867. The molecule has 0 aliphatic heterocycles. The number of rotatable bonds is 5. The van der Waals surface area contributed by atoms with Crippen LogP contribution in [0.15, 0.2) is 12.3 Å². The molecule has 84 valence electrons. The fourth-order valence-corrected chi connectivity index (χ4v) is 1.26. The van der Waals surface area contributed by atoms with Crippen LogP contribution < -0.4 is 10.1 Å². The van der Waals surface area contributed by atoms with E-state index in [1.165, 1.54) is 6.20 Å². The van der Waals surface area contributed by atoms with E-state index in [1.54, 1.807) is 13.1 Å². The first-order valence-corrected chi connectivity index (χ1v) is 4.71. The van der Waals surface area contributed by atoms with Gasteiger partial charge >= 0.3 is 0 Å². The zero-order valence-corrected chi connectivity index (χ0v) is 8.89. The van der Waals surface area contributed by atoms with Crippen molar-refractivity contribution in [2.45, 2.75) is 13.0 Å². The maximum Gasteiger partial charge on any atom is 0.272 e. The molecule has 1 heterocycles.